The Kier molecular flexibility index (Phi) is 6.51. The first-order valence-corrected chi connectivity index (χ1v) is 9.61. The number of nitrogens with one attached hydrogen (secondary N) is 2. The quantitative estimate of drug-likeness (QED) is 0.615. The van der Waals surface area contributed by atoms with Crippen LogP contribution in [0.3, 0.4) is 0 Å². The molecule has 0 unspecified atom stereocenters. The summed E-state index contributed by atoms with van der Waals surface area (Å²) in [6.07, 6.45) is 3.29. The molecule has 1 amide bonds. The SMILES string of the molecule is Cc1ccc(NC(=O)CCNc2cnn(-c3ccc(C)c(Cl)c3)c(=O)c2Cl)nc1. The summed E-state index contributed by atoms with van der Waals surface area (Å²) < 4.78 is 1.18. The lowest BCUT2D eigenvalue weighted by atomic mass is 10.2. The van der Waals surface area contributed by atoms with Crippen molar-refractivity contribution in [3.63, 3.8) is 0 Å². The summed E-state index contributed by atoms with van der Waals surface area (Å²) in [6.45, 7) is 4.06. The van der Waals surface area contributed by atoms with E-state index < -0.39 is 5.56 Å². The van der Waals surface area contributed by atoms with E-state index in [9.17, 15) is 9.59 Å². The minimum absolute atomic E-state index is 0.0164. The van der Waals surface area contributed by atoms with Gasteiger partial charge in [0.05, 0.1) is 17.6 Å². The van der Waals surface area contributed by atoms with Gasteiger partial charge in [0.1, 0.15) is 10.8 Å². The van der Waals surface area contributed by atoms with Gasteiger partial charge in [-0.2, -0.15) is 9.78 Å². The number of halogens is 2. The Morgan fingerprint density at radius 1 is 1.14 bits per heavy atom. The van der Waals surface area contributed by atoms with Gasteiger partial charge in [0, 0.05) is 24.2 Å². The molecule has 0 aliphatic rings. The molecule has 29 heavy (non-hydrogen) atoms. The molecule has 3 rings (SSSR count). The number of hydrogen-bond acceptors (Lipinski definition) is 5. The number of aryl methyl sites for hydroxylation is 2. The Morgan fingerprint density at radius 2 is 1.93 bits per heavy atom. The van der Waals surface area contributed by atoms with E-state index in [-0.39, 0.29) is 23.9 Å². The molecular formula is C20H19Cl2N5O2. The molecule has 0 fully saturated rings. The highest BCUT2D eigenvalue weighted by Crippen LogP contribution is 2.20. The van der Waals surface area contributed by atoms with E-state index in [0.29, 0.717) is 22.2 Å². The first kappa shape index (κ1) is 20.8. The molecule has 0 bridgehead atoms. The second kappa shape index (κ2) is 9.07. The van der Waals surface area contributed by atoms with Crippen molar-refractivity contribution >= 4 is 40.6 Å². The summed E-state index contributed by atoms with van der Waals surface area (Å²) in [6, 6.07) is 8.79. The Balaban J connectivity index is 1.63. The maximum Gasteiger partial charge on any atom is 0.292 e. The van der Waals surface area contributed by atoms with Gasteiger partial charge >= 0.3 is 0 Å². The van der Waals surface area contributed by atoms with Gasteiger partial charge < -0.3 is 10.6 Å². The highest BCUT2D eigenvalue weighted by atomic mass is 35.5. The zero-order valence-corrected chi connectivity index (χ0v) is 17.4. The van der Waals surface area contributed by atoms with E-state index in [2.05, 4.69) is 20.7 Å². The molecule has 2 N–H and O–H groups in total. The van der Waals surface area contributed by atoms with Crippen LogP contribution in [-0.4, -0.2) is 27.2 Å². The van der Waals surface area contributed by atoms with Crippen LogP contribution in [0, 0.1) is 13.8 Å². The fourth-order valence-corrected chi connectivity index (χ4v) is 2.88. The van der Waals surface area contributed by atoms with Gasteiger partial charge in [0.2, 0.25) is 5.91 Å². The molecule has 9 heteroatoms. The summed E-state index contributed by atoms with van der Waals surface area (Å²) in [5, 5.41) is 10.3. The smallest absolute Gasteiger partial charge is 0.292 e. The number of benzene rings is 1. The molecule has 0 spiro atoms. The van der Waals surface area contributed by atoms with Crippen LogP contribution < -0.4 is 16.2 Å². The summed E-state index contributed by atoms with van der Waals surface area (Å²) in [4.78, 5) is 28.7. The minimum atomic E-state index is -0.482. The van der Waals surface area contributed by atoms with E-state index >= 15 is 0 Å². The third-order valence-electron chi connectivity index (χ3n) is 4.17. The molecule has 0 saturated carbocycles. The van der Waals surface area contributed by atoms with Crippen molar-refractivity contribution in [3.8, 4) is 5.69 Å². The van der Waals surface area contributed by atoms with Gasteiger partial charge in [0.25, 0.3) is 5.56 Å². The summed E-state index contributed by atoms with van der Waals surface area (Å²) >= 11 is 12.3. The van der Waals surface area contributed by atoms with Crippen molar-refractivity contribution in [2.75, 3.05) is 17.2 Å². The fourth-order valence-electron chi connectivity index (χ4n) is 2.51. The number of pyridine rings is 1. The second-order valence-corrected chi connectivity index (χ2v) is 7.25. The number of aromatic nitrogens is 3. The number of amides is 1. The average Bonchev–Trinajstić information content (AvgIpc) is 2.69. The highest BCUT2D eigenvalue weighted by Gasteiger charge is 2.12. The predicted molar refractivity (Wildman–Crippen MR) is 115 cm³/mol. The molecule has 0 aliphatic carbocycles. The Hall–Kier alpha value is -2.90. The molecule has 7 nitrogen and oxygen atoms in total. The Morgan fingerprint density at radius 3 is 2.62 bits per heavy atom. The van der Waals surface area contributed by atoms with Gasteiger partial charge in [0.15, 0.2) is 0 Å². The van der Waals surface area contributed by atoms with Crippen molar-refractivity contribution in [2.45, 2.75) is 20.3 Å². The highest BCUT2D eigenvalue weighted by molar-refractivity contribution is 6.33. The van der Waals surface area contributed by atoms with E-state index in [1.165, 1.54) is 10.9 Å². The van der Waals surface area contributed by atoms with Crippen molar-refractivity contribution in [1.29, 1.82) is 0 Å². The molecule has 2 heterocycles. The first-order chi connectivity index (χ1) is 13.8. The van der Waals surface area contributed by atoms with Crippen LogP contribution >= 0.6 is 23.2 Å². The molecule has 3 aromatic rings. The lowest BCUT2D eigenvalue weighted by molar-refractivity contribution is -0.116. The molecule has 2 aromatic heterocycles. The zero-order chi connectivity index (χ0) is 21.0. The van der Waals surface area contributed by atoms with Crippen molar-refractivity contribution in [2.24, 2.45) is 0 Å². The van der Waals surface area contributed by atoms with Crippen LogP contribution in [0.1, 0.15) is 17.5 Å². The number of carbonyl (C=O) groups is 1. The third kappa shape index (κ3) is 5.13. The number of nitrogens with zero attached hydrogens (tertiary/aromatic N) is 3. The van der Waals surface area contributed by atoms with Crippen LogP contribution in [-0.2, 0) is 4.79 Å². The Bertz CT molecular complexity index is 1100. The molecule has 0 aliphatic heterocycles. The molecule has 0 saturated heterocycles. The standard InChI is InChI=1S/C20H19Cl2N5O2/c1-12-3-6-17(24-10-12)26-18(28)7-8-23-16-11-25-27(20(29)19(16)22)14-5-4-13(2)15(21)9-14/h3-6,9-11,23H,7-8H2,1-2H3,(H,24,26,28). The van der Waals surface area contributed by atoms with E-state index in [4.69, 9.17) is 23.2 Å². The topological polar surface area (TPSA) is 88.9 Å². The van der Waals surface area contributed by atoms with Crippen molar-refractivity contribution in [3.05, 3.63) is 74.3 Å². The summed E-state index contributed by atoms with van der Waals surface area (Å²) in [5.74, 6) is 0.278. The molecule has 0 radical (unpaired) electrons. The second-order valence-electron chi connectivity index (χ2n) is 6.47. The largest absolute Gasteiger partial charge is 0.382 e. The van der Waals surface area contributed by atoms with E-state index in [0.717, 1.165) is 11.1 Å². The minimum Gasteiger partial charge on any atom is -0.382 e. The maximum absolute atomic E-state index is 12.5. The van der Waals surface area contributed by atoms with E-state index in [1.54, 1.807) is 30.5 Å². The third-order valence-corrected chi connectivity index (χ3v) is 4.94. The lowest BCUT2D eigenvalue weighted by Crippen LogP contribution is -2.23. The normalized spacial score (nSPS) is 10.6. The van der Waals surface area contributed by atoms with Gasteiger partial charge in [-0.15, -0.1) is 0 Å². The average molecular weight is 432 g/mol. The van der Waals surface area contributed by atoms with Crippen LogP contribution in [0.15, 0.2) is 47.5 Å². The molecule has 0 atom stereocenters. The monoisotopic (exact) mass is 431 g/mol. The van der Waals surface area contributed by atoms with Gasteiger partial charge in [-0.05, 0) is 43.2 Å². The Labute approximate surface area is 177 Å². The zero-order valence-electron chi connectivity index (χ0n) is 15.9. The molecular weight excluding hydrogens is 413 g/mol. The fraction of sp³-hybridized carbons (Fsp3) is 0.200. The van der Waals surface area contributed by atoms with Crippen LogP contribution in [0.4, 0.5) is 11.5 Å². The number of hydrogen-bond donors (Lipinski definition) is 2. The first-order valence-electron chi connectivity index (χ1n) is 8.86. The van der Waals surface area contributed by atoms with Gasteiger partial charge in [-0.3, -0.25) is 9.59 Å². The van der Waals surface area contributed by atoms with Gasteiger partial charge in [-0.1, -0.05) is 35.3 Å². The summed E-state index contributed by atoms with van der Waals surface area (Å²) in [5.41, 5.74) is 2.29. The van der Waals surface area contributed by atoms with Crippen LogP contribution in [0.5, 0.6) is 0 Å². The lowest BCUT2D eigenvalue weighted by Gasteiger charge is -2.11. The number of anilines is 2. The van der Waals surface area contributed by atoms with Crippen LogP contribution in [0.25, 0.3) is 5.69 Å². The van der Waals surface area contributed by atoms with Gasteiger partial charge in [-0.25, -0.2) is 4.98 Å². The van der Waals surface area contributed by atoms with Crippen molar-refractivity contribution in [1.82, 2.24) is 14.8 Å². The molecule has 1 aromatic carbocycles. The molecule has 150 valence electrons. The maximum atomic E-state index is 12.5. The van der Waals surface area contributed by atoms with Crippen LogP contribution in [0.2, 0.25) is 10.0 Å². The van der Waals surface area contributed by atoms with E-state index in [1.807, 2.05) is 19.9 Å². The number of rotatable bonds is 6. The van der Waals surface area contributed by atoms with Crippen molar-refractivity contribution < 1.29 is 4.79 Å². The summed E-state index contributed by atoms with van der Waals surface area (Å²) in [7, 11) is 0. The predicted octanol–water partition coefficient (Wildman–Crippen LogP) is 3.99. The number of carbonyl (C=O) groups excluding carboxylic acids is 1.